The number of rotatable bonds is 6. The highest BCUT2D eigenvalue weighted by atomic mass is 32.1. The second-order valence-corrected chi connectivity index (χ2v) is 4.96. The Hall–Kier alpha value is -1.14. The van der Waals surface area contributed by atoms with Crippen LogP contribution in [0.25, 0.3) is 0 Å². The molecule has 5 nitrogen and oxygen atoms in total. The molecule has 6 heteroatoms. The highest BCUT2D eigenvalue weighted by Gasteiger charge is 2.20. The zero-order chi connectivity index (χ0) is 13.0. The molecule has 0 radical (unpaired) electrons. The third kappa shape index (κ3) is 3.17. The molecule has 1 N–H and O–H groups in total. The number of nitrogens with zero attached hydrogens (tertiary/aromatic N) is 3. The number of hydrogen-bond donors (Lipinski definition) is 1. The van der Waals surface area contributed by atoms with Crippen molar-refractivity contribution in [1.29, 1.82) is 0 Å². The summed E-state index contributed by atoms with van der Waals surface area (Å²) in [4.78, 5) is 16.1. The maximum atomic E-state index is 11.1. The van der Waals surface area contributed by atoms with Gasteiger partial charge in [-0.15, -0.1) is 0 Å². The quantitative estimate of drug-likeness (QED) is 0.791. The van der Waals surface area contributed by atoms with Crippen LogP contribution < -0.4 is 5.01 Å². The molecule has 0 fully saturated rings. The molecule has 0 aliphatic rings. The van der Waals surface area contributed by atoms with Crippen LogP contribution in [0, 0.1) is 0 Å². The molecule has 0 atom stereocenters. The molecule has 1 rings (SSSR count). The standard InChI is InChI=1S/C11H19N3O2S/c1-5-7-14(13(3)4)11-12-9(10(15)16)8(6-2)17-11/h5-7H2,1-4H3,(H,15,16). The summed E-state index contributed by atoms with van der Waals surface area (Å²) < 4.78 is 0. The summed E-state index contributed by atoms with van der Waals surface area (Å²) in [7, 11) is 3.87. The second-order valence-electron chi connectivity index (χ2n) is 3.90. The number of aromatic carboxylic acids is 1. The van der Waals surface area contributed by atoms with Crippen molar-refractivity contribution in [2.45, 2.75) is 26.7 Å². The summed E-state index contributed by atoms with van der Waals surface area (Å²) in [5.74, 6) is -0.945. The van der Waals surface area contributed by atoms with Gasteiger partial charge in [0.15, 0.2) is 5.69 Å². The predicted octanol–water partition coefficient (Wildman–Crippen LogP) is 2.10. The van der Waals surface area contributed by atoms with E-state index in [1.165, 1.54) is 11.3 Å². The number of thiazole rings is 1. The van der Waals surface area contributed by atoms with Gasteiger partial charge in [0.25, 0.3) is 0 Å². The molecule has 96 valence electrons. The summed E-state index contributed by atoms with van der Waals surface area (Å²) in [5, 5.41) is 13.8. The van der Waals surface area contributed by atoms with Gasteiger partial charge in [-0.2, -0.15) is 0 Å². The Kier molecular flexibility index (Phi) is 4.89. The van der Waals surface area contributed by atoms with Crippen molar-refractivity contribution in [2.24, 2.45) is 0 Å². The number of hydrogen-bond acceptors (Lipinski definition) is 5. The second kappa shape index (κ2) is 5.97. The van der Waals surface area contributed by atoms with E-state index in [1.54, 1.807) is 0 Å². The highest BCUT2D eigenvalue weighted by Crippen LogP contribution is 2.27. The lowest BCUT2D eigenvalue weighted by atomic mass is 10.3. The van der Waals surface area contributed by atoms with Crippen molar-refractivity contribution in [3.8, 4) is 0 Å². The summed E-state index contributed by atoms with van der Waals surface area (Å²) >= 11 is 1.46. The summed E-state index contributed by atoms with van der Waals surface area (Å²) in [5.41, 5.74) is 0.190. The van der Waals surface area contributed by atoms with E-state index < -0.39 is 5.97 Å². The third-order valence-electron chi connectivity index (χ3n) is 2.35. The minimum atomic E-state index is -0.945. The van der Waals surface area contributed by atoms with Gasteiger partial charge >= 0.3 is 5.97 Å². The molecule has 1 aromatic rings. The van der Waals surface area contributed by atoms with E-state index in [0.29, 0.717) is 6.42 Å². The van der Waals surface area contributed by atoms with Crippen LogP contribution in [-0.4, -0.2) is 41.7 Å². The van der Waals surface area contributed by atoms with Crippen molar-refractivity contribution in [3.05, 3.63) is 10.6 Å². The van der Waals surface area contributed by atoms with Gasteiger partial charge in [-0.1, -0.05) is 25.2 Å². The van der Waals surface area contributed by atoms with Crippen molar-refractivity contribution in [3.63, 3.8) is 0 Å². The van der Waals surface area contributed by atoms with Crippen molar-refractivity contribution >= 4 is 22.4 Å². The molecular formula is C11H19N3O2S. The van der Waals surface area contributed by atoms with Crippen LogP contribution in [-0.2, 0) is 6.42 Å². The first-order valence-corrected chi connectivity index (χ1v) is 6.50. The number of aromatic nitrogens is 1. The topological polar surface area (TPSA) is 56.7 Å². The first kappa shape index (κ1) is 13.9. The maximum absolute atomic E-state index is 11.1. The Morgan fingerprint density at radius 1 is 1.41 bits per heavy atom. The molecular weight excluding hydrogens is 238 g/mol. The van der Waals surface area contributed by atoms with Gasteiger partial charge in [0.2, 0.25) is 5.13 Å². The molecule has 0 aromatic carbocycles. The zero-order valence-electron chi connectivity index (χ0n) is 10.7. The first-order chi connectivity index (χ1) is 8.01. The molecule has 1 heterocycles. The van der Waals surface area contributed by atoms with E-state index in [2.05, 4.69) is 11.9 Å². The van der Waals surface area contributed by atoms with E-state index in [4.69, 9.17) is 5.11 Å². The molecule has 0 saturated heterocycles. The fourth-order valence-corrected chi connectivity index (χ4v) is 2.63. The minimum Gasteiger partial charge on any atom is -0.476 e. The highest BCUT2D eigenvalue weighted by molar-refractivity contribution is 7.15. The van der Waals surface area contributed by atoms with Gasteiger partial charge in [0.05, 0.1) is 0 Å². The van der Waals surface area contributed by atoms with Gasteiger partial charge in [-0.05, 0) is 12.8 Å². The number of hydrazine groups is 1. The Morgan fingerprint density at radius 3 is 2.41 bits per heavy atom. The average Bonchev–Trinajstić information content (AvgIpc) is 2.69. The third-order valence-corrected chi connectivity index (χ3v) is 3.56. The Bertz CT molecular complexity index is 390. The molecule has 1 aromatic heterocycles. The molecule has 0 bridgehead atoms. The van der Waals surface area contributed by atoms with Crippen molar-refractivity contribution in [1.82, 2.24) is 9.99 Å². The lowest BCUT2D eigenvalue weighted by Crippen LogP contribution is -2.37. The zero-order valence-corrected chi connectivity index (χ0v) is 11.5. The molecule has 0 saturated carbocycles. The van der Waals surface area contributed by atoms with E-state index in [9.17, 15) is 4.79 Å². The molecule has 0 spiro atoms. The largest absolute Gasteiger partial charge is 0.476 e. The van der Waals surface area contributed by atoms with Gasteiger partial charge in [0.1, 0.15) is 0 Å². The monoisotopic (exact) mass is 257 g/mol. The fraction of sp³-hybridized carbons (Fsp3) is 0.636. The maximum Gasteiger partial charge on any atom is 0.355 e. The molecule has 0 unspecified atom stereocenters. The molecule has 0 aliphatic heterocycles. The van der Waals surface area contributed by atoms with Crippen LogP contribution >= 0.6 is 11.3 Å². The Balaban J connectivity index is 3.08. The normalized spacial score (nSPS) is 10.9. The van der Waals surface area contributed by atoms with Crippen LogP contribution in [0.5, 0.6) is 0 Å². The van der Waals surface area contributed by atoms with E-state index in [-0.39, 0.29) is 5.69 Å². The number of carboxylic acid groups (broad SMARTS) is 1. The lowest BCUT2D eigenvalue weighted by Gasteiger charge is -2.27. The number of aryl methyl sites for hydroxylation is 1. The fourth-order valence-electron chi connectivity index (χ4n) is 1.53. The summed E-state index contributed by atoms with van der Waals surface area (Å²) in [6, 6.07) is 0. The van der Waals surface area contributed by atoms with Gasteiger partial charge in [-0.25, -0.2) is 14.8 Å². The summed E-state index contributed by atoms with van der Waals surface area (Å²) in [6.07, 6.45) is 1.69. The average molecular weight is 257 g/mol. The number of anilines is 1. The lowest BCUT2D eigenvalue weighted by molar-refractivity contribution is 0.0690. The van der Waals surface area contributed by atoms with Crippen LogP contribution in [0.1, 0.15) is 35.6 Å². The van der Waals surface area contributed by atoms with Crippen molar-refractivity contribution in [2.75, 3.05) is 25.6 Å². The van der Waals surface area contributed by atoms with Gasteiger partial charge < -0.3 is 5.11 Å². The minimum absolute atomic E-state index is 0.190. The van der Waals surface area contributed by atoms with Crippen LogP contribution in [0.15, 0.2) is 0 Å². The molecule has 0 amide bonds. The molecule has 17 heavy (non-hydrogen) atoms. The Morgan fingerprint density at radius 2 is 2.06 bits per heavy atom. The van der Waals surface area contributed by atoms with Crippen LogP contribution in [0.3, 0.4) is 0 Å². The van der Waals surface area contributed by atoms with Gasteiger partial charge in [-0.3, -0.25) is 5.01 Å². The van der Waals surface area contributed by atoms with Crippen LogP contribution in [0.4, 0.5) is 5.13 Å². The smallest absolute Gasteiger partial charge is 0.355 e. The number of carboxylic acids is 1. The number of carbonyl (C=O) groups is 1. The SMILES string of the molecule is CCCN(c1nc(C(=O)O)c(CC)s1)N(C)C. The summed E-state index contributed by atoms with van der Waals surface area (Å²) in [6.45, 7) is 4.87. The Labute approximate surface area is 106 Å². The van der Waals surface area contributed by atoms with E-state index in [1.807, 2.05) is 31.0 Å². The van der Waals surface area contributed by atoms with E-state index >= 15 is 0 Å². The van der Waals surface area contributed by atoms with E-state index in [0.717, 1.165) is 23.0 Å². The van der Waals surface area contributed by atoms with Crippen molar-refractivity contribution < 1.29 is 9.90 Å². The predicted molar refractivity (Wildman–Crippen MR) is 69.8 cm³/mol. The van der Waals surface area contributed by atoms with Crippen LogP contribution in [0.2, 0.25) is 0 Å². The van der Waals surface area contributed by atoms with Gasteiger partial charge in [0, 0.05) is 25.5 Å². The first-order valence-electron chi connectivity index (χ1n) is 5.69. The molecule has 0 aliphatic carbocycles.